The number of esters is 1. The molecule has 0 radical (unpaired) electrons. The number of allylic oxidation sites excluding steroid dienone is 7. The molecule has 0 rings (SSSR count). The number of hydrogen-bond acceptors (Lipinski definition) is 7. The van der Waals surface area contributed by atoms with Crippen molar-refractivity contribution in [3.63, 3.8) is 0 Å². The normalized spacial score (nSPS) is 14.0. The van der Waals surface area contributed by atoms with Crippen molar-refractivity contribution >= 4 is 19.7 Å². The maximum Gasteiger partial charge on any atom is 0.306 e. The molecule has 0 fully saturated rings. The van der Waals surface area contributed by atoms with Gasteiger partial charge in [-0.2, -0.15) is 0 Å². The largest absolute Gasteiger partial charge is 0.756 e. The fraction of sp³-hybridized carbons (Fsp3) is 0.839. The van der Waals surface area contributed by atoms with Gasteiger partial charge in [-0.25, -0.2) is 0 Å². The first-order valence-electron chi connectivity index (χ1n) is 30.4. The van der Waals surface area contributed by atoms with Crippen molar-refractivity contribution < 1.29 is 37.3 Å². The van der Waals surface area contributed by atoms with Crippen molar-refractivity contribution in [1.82, 2.24) is 5.32 Å². The van der Waals surface area contributed by atoms with E-state index in [2.05, 4.69) is 62.5 Å². The molecule has 0 aliphatic carbocycles. The maximum absolute atomic E-state index is 13.5. The quantitative estimate of drug-likeness (QED) is 0.0212. The van der Waals surface area contributed by atoms with Crippen LogP contribution in [0, 0.1) is 0 Å². The van der Waals surface area contributed by atoms with E-state index in [1.54, 1.807) is 0 Å². The third-order valence-electron chi connectivity index (χ3n) is 13.5. The Labute approximate surface area is 446 Å². The predicted octanol–water partition coefficient (Wildman–Crippen LogP) is 17.9. The molecule has 3 unspecified atom stereocenters. The smallest absolute Gasteiger partial charge is 0.306 e. The van der Waals surface area contributed by atoms with Gasteiger partial charge in [0.1, 0.15) is 19.3 Å². The summed E-state index contributed by atoms with van der Waals surface area (Å²) in [6, 6.07) is -0.892. The number of hydrogen-bond donors (Lipinski definition) is 1. The standard InChI is InChI=1S/C62H117N2O7P/c1-7-10-13-16-19-22-25-27-29-31-32-33-35-37-40-43-46-49-52-55-62(66)71-60(53-50-47-44-41-38-24-21-18-15-12-9-3)59(58-70-72(67,68)69-57-56-64(4,5)6)63-61(65)54-51-48-45-42-39-36-34-30-28-26-23-20-17-14-11-8-2/h19,22,27,29-30,34,50,53,59-60H,7-18,20-21,23-26,28,31-33,35-49,51-52,54-58H2,1-6H3,(H-,63,65,67,68)/b22-19-,29-27-,34-30+,53-50+. The summed E-state index contributed by atoms with van der Waals surface area (Å²) in [5, 5.41) is 3.02. The highest BCUT2D eigenvalue weighted by atomic mass is 31.2. The lowest BCUT2D eigenvalue weighted by Gasteiger charge is -2.30. The van der Waals surface area contributed by atoms with Crippen LogP contribution in [0.2, 0.25) is 0 Å². The van der Waals surface area contributed by atoms with Crippen molar-refractivity contribution in [2.24, 2.45) is 0 Å². The Morgan fingerprint density at radius 2 is 0.847 bits per heavy atom. The average molecular weight is 1030 g/mol. The van der Waals surface area contributed by atoms with Gasteiger partial charge >= 0.3 is 5.97 Å². The number of rotatable bonds is 55. The second-order valence-corrected chi connectivity index (χ2v) is 23.3. The van der Waals surface area contributed by atoms with E-state index in [0.29, 0.717) is 17.4 Å². The molecule has 3 atom stereocenters. The molecule has 0 aromatic rings. The highest BCUT2D eigenvalue weighted by Crippen LogP contribution is 2.38. The summed E-state index contributed by atoms with van der Waals surface area (Å²) in [5.41, 5.74) is 0. The van der Waals surface area contributed by atoms with Crippen molar-refractivity contribution in [2.45, 2.75) is 296 Å². The molecule has 9 nitrogen and oxygen atoms in total. The first kappa shape index (κ1) is 70.0. The summed E-state index contributed by atoms with van der Waals surface area (Å²) in [4.78, 5) is 39.9. The van der Waals surface area contributed by atoms with Crippen LogP contribution in [0.25, 0.3) is 0 Å². The van der Waals surface area contributed by atoms with Gasteiger partial charge in [-0.3, -0.25) is 14.2 Å². The van der Waals surface area contributed by atoms with Gasteiger partial charge in [0.05, 0.1) is 33.8 Å². The summed E-state index contributed by atoms with van der Waals surface area (Å²) in [5.74, 6) is -0.550. The maximum atomic E-state index is 13.5. The minimum atomic E-state index is -4.70. The van der Waals surface area contributed by atoms with E-state index in [1.807, 2.05) is 33.3 Å². The van der Waals surface area contributed by atoms with Gasteiger partial charge in [0.15, 0.2) is 0 Å². The topological polar surface area (TPSA) is 114 Å². The van der Waals surface area contributed by atoms with Crippen LogP contribution >= 0.6 is 7.82 Å². The number of quaternary nitrogens is 1. The first-order valence-corrected chi connectivity index (χ1v) is 31.9. The number of likely N-dealkylation sites (N-methyl/N-ethyl adjacent to an activating group) is 1. The van der Waals surface area contributed by atoms with E-state index in [1.165, 1.54) is 161 Å². The van der Waals surface area contributed by atoms with Crippen LogP contribution in [0.1, 0.15) is 284 Å². The molecule has 0 bridgehead atoms. The van der Waals surface area contributed by atoms with Gasteiger partial charge in [0.25, 0.3) is 7.82 Å². The zero-order chi connectivity index (χ0) is 52.9. The first-order chi connectivity index (χ1) is 34.9. The predicted molar refractivity (Wildman–Crippen MR) is 307 cm³/mol. The molecule has 1 N–H and O–H groups in total. The van der Waals surface area contributed by atoms with Crippen LogP contribution in [-0.2, 0) is 27.9 Å². The third kappa shape index (κ3) is 52.8. The lowest BCUT2D eigenvalue weighted by molar-refractivity contribution is -0.870. The Balaban J connectivity index is 5.25. The van der Waals surface area contributed by atoms with Crippen molar-refractivity contribution in [2.75, 3.05) is 40.9 Å². The molecule has 1 amide bonds. The highest BCUT2D eigenvalue weighted by Gasteiger charge is 2.27. The van der Waals surface area contributed by atoms with E-state index >= 15 is 0 Å². The zero-order valence-electron chi connectivity index (χ0n) is 48.1. The molecule has 0 aromatic heterocycles. The second kappa shape index (κ2) is 52.4. The van der Waals surface area contributed by atoms with Crippen molar-refractivity contribution in [3.8, 4) is 0 Å². The molecule has 0 aliphatic heterocycles. The van der Waals surface area contributed by atoms with Crippen molar-refractivity contribution in [3.05, 3.63) is 48.6 Å². The van der Waals surface area contributed by atoms with Crippen molar-refractivity contribution in [1.29, 1.82) is 0 Å². The molecule has 0 aromatic carbocycles. The summed E-state index contributed by atoms with van der Waals surface area (Å²) >= 11 is 0. The lowest BCUT2D eigenvalue weighted by Crippen LogP contribution is -2.47. The number of phosphoric acid groups is 1. The molecule has 0 saturated carbocycles. The van der Waals surface area contributed by atoms with Gasteiger partial charge in [-0.05, 0) is 89.5 Å². The summed E-state index contributed by atoms with van der Waals surface area (Å²) in [7, 11) is 1.18. The number of phosphoric ester groups is 1. The van der Waals surface area contributed by atoms with Gasteiger partial charge < -0.3 is 28.5 Å². The number of unbranched alkanes of at least 4 members (excludes halogenated alkanes) is 33. The molecular formula is C62H117N2O7P. The van der Waals surface area contributed by atoms with E-state index in [9.17, 15) is 19.0 Å². The fourth-order valence-corrected chi connectivity index (χ4v) is 9.45. The Bertz CT molecular complexity index is 1380. The van der Waals surface area contributed by atoms with Crippen LogP contribution in [0.5, 0.6) is 0 Å². The van der Waals surface area contributed by atoms with Crippen LogP contribution in [0.3, 0.4) is 0 Å². The van der Waals surface area contributed by atoms with Crippen LogP contribution in [0.4, 0.5) is 0 Å². The molecule has 0 aliphatic rings. The monoisotopic (exact) mass is 1030 g/mol. The number of amides is 1. The fourth-order valence-electron chi connectivity index (χ4n) is 8.72. The number of nitrogens with one attached hydrogen (secondary N) is 1. The molecule has 72 heavy (non-hydrogen) atoms. The van der Waals surface area contributed by atoms with Gasteiger partial charge in [0.2, 0.25) is 5.91 Å². The number of ether oxygens (including phenoxy) is 1. The van der Waals surface area contributed by atoms with Crippen LogP contribution in [0.15, 0.2) is 48.6 Å². The molecule has 10 heteroatoms. The second-order valence-electron chi connectivity index (χ2n) is 21.8. The van der Waals surface area contributed by atoms with E-state index in [0.717, 1.165) is 89.9 Å². The average Bonchev–Trinajstić information content (AvgIpc) is 3.34. The van der Waals surface area contributed by atoms with Crippen LogP contribution in [-0.4, -0.2) is 69.4 Å². The number of carbonyl (C=O) groups is 2. The number of nitrogens with zero attached hydrogens (tertiary/aromatic N) is 1. The lowest BCUT2D eigenvalue weighted by atomic mass is 10.0. The minimum absolute atomic E-state index is 0.0243. The van der Waals surface area contributed by atoms with E-state index < -0.39 is 26.6 Å². The Morgan fingerprint density at radius 3 is 1.29 bits per heavy atom. The zero-order valence-corrected chi connectivity index (χ0v) is 49.0. The minimum Gasteiger partial charge on any atom is -0.756 e. The van der Waals surface area contributed by atoms with Gasteiger partial charge in [0, 0.05) is 12.8 Å². The number of carbonyl (C=O) groups excluding carboxylic acids is 2. The molecule has 0 saturated heterocycles. The van der Waals surface area contributed by atoms with E-state index in [4.69, 9.17) is 13.8 Å². The van der Waals surface area contributed by atoms with E-state index in [-0.39, 0.29) is 24.9 Å². The summed E-state index contributed by atoms with van der Waals surface area (Å²) < 4.78 is 30.3. The SMILES string of the molecule is CCCCC/C=C\C/C=C\CCCCCCCCCCCC(=O)OC(/C=C/CCCCCCCCCCC)C(COP(=O)([O-])OCC[N+](C)(C)C)NC(=O)CCCCCCC/C=C/CCCCCCCCC. The van der Waals surface area contributed by atoms with Gasteiger partial charge in [-0.15, -0.1) is 0 Å². The Morgan fingerprint density at radius 1 is 0.486 bits per heavy atom. The molecule has 0 spiro atoms. The Hall–Kier alpha value is -2.03. The Kier molecular flexibility index (Phi) is 50.9. The third-order valence-corrected chi connectivity index (χ3v) is 14.4. The highest BCUT2D eigenvalue weighted by molar-refractivity contribution is 7.45. The molecular weight excluding hydrogens is 916 g/mol. The summed E-state index contributed by atoms with van der Waals surface area (Å²) in [6.45, 7) is 6.82. The van der Waals surface area contributed by atoms with Gasteiger partial charge in [-0.1, -0.05) is 230 Å². The molecule has 422 valence electrons. The summed E-state index contributed by atoms with van der Waals surface area (Å²) in [6.07, 6.45) is 63.6. The van der Waals surface area contributed by atoms with Crippen LogP contribution < -0.4 is 10.2 Å². The molecule has 0 heterocycles.